The van der Waals surface area contributed by atoms with Gasteiger partial charge in [0.25, 0.3) is 0 Å². The second kappa shape index (κ2) is 15.0. The van der Waals surface area contributed by atoms with Gasteiger partial charge in [-0.1, -0.05) is 35.5 Å². The Morgan fingerprint density at radius 2 is 1.48 bits per heavy atom. The van der Waals surface area contributed by atoms with E-state index in [1.165, 1.54) is 12.5 Å². The van der Waals surface area contributed by atoms with Crippen LogP contribution in [-0.2, 0) is 14.3 Å². The molecule has 0 atom stereocenters. The molecule has 0 saturated carbocycles. The topological polar surface area (TPSA) is 83.8 Å². The van der Waals surface area contributed by atoms with Gasteiger partial charge in [-0.2, -0.15) is 0 Å². The Labute approximate surface area is 163 Å². The third kappa shape index (κ3) is 14.7. The molecule has 0 aromatic carbocycles. The number of aliphatic hydroxyl groups excluding tert-OH is 1. The average Bonchev–Trinajstić information content (AvgIpc) is 2.57. The minimum atomic E-state index is -0.882. The van der Waals surface area contributed by atoms with Crippen molar-refractivity contribution in [3.8, 4) is 0 Å². The van der Waals surface area contributed by atoms with Gasteiger partial charge in [-0.15, -0.1) is 0 Å². The predicted octanol–water partition coefficient (Wildman–Crippen LogP) is 4.73. The fraction of sp³-hybridized carbons (Fsp3) is 0.545. The molecule has 0 aromatic rings. The monoisotopic (exact) mass is 378 g/mol. The van der Waals surface area contributed by atoms with Gasteiger partial charge in [0, 0.05) is 12.5 Å². The molecule has 0 aromatic heterocycles. The van der Waals surface area contributed by atoms with Crippen molar-refractivity contribution in [1.82, 2.24) is 0 Å². The van der Waals surface area contributed by atoms with Crippen LogP contribution in [0, 0.1) is 0 Å². The number of aliphatic carboxylic acids is 1. The summed E-state index contributed by atoms with van der Waals surface area (Å²) in [5.41, 5.74) is 3.68. The van der Waals surface area contributed by atoms with Gasteiger partial charge in [0.05, 0.1) is 6.61 Å². The third-order valence-corrected chi connectivity index (χ3v) is 3.97. The Balaban J connectivity index is 4.82. The van der Waals surface area contributed by atoms with Crippen LogP contribution in [0.25, 0.3) is 0 Å². The lowest BCUT2D eigenvalue weighted by atomic mass is 10.0. The SMILES string of the molecule is CC(=O)OCC(=CCCC(C)=CCO)CCC=C(CCC=C(C)C)C(=O)O. The molecule has 0 unspecified atom stereocenters. The van der Waals surface area contributed by atoms with Gasteiger partial charge < -0.3 is 14.9 Å². The summed E-state index contributed by atoms with van der Waals surface area (Å²) in [5.74, 6) is -1.21. The maximum absolute atomic E-state index is 11.4. The first-order chi connectivity index (χ1) is 12.8. The summed E-state index contributed by atoms with van der Waals surface area (Å²) >= 11 is 0. The second-order valence-electron chi connectivity index (χ2n) is 6.81. The number of allylic oxidation sites excluding steroid dienone is 5. The van der Waals surface area contributed by atoms with Gasteiger partial charge in [0.2, 0.25) is 0 Å². The smallest absolute Gasteiger partial charge is 0.331 e. The molecule has 152 valence electrons. The summed E-state index contributed by atoms with van der Waals surface area (Å²) in [6, 6.07) is 0. The fourth-order valence-corrected chi connectivity index (χ4v) is 2.43. The molecule has 0 spiro atoms. The summed E-state index contributed by atoms with van der Waals surface area (Å²) in [7, 11) is 0. The normalized spacial score (nSPS) is 12.7. The number of carboxylic acids is 1. The molecule has 0 heterocycles. The molecule has 0 rings (SSSR count). The lowest BCUT2D eigenvalue weighted by Crippen LogP contribution is -2.04. The molecule has 2 N–H and O–H groups in total. The van der Waals surface area contributed by atoms with Crippen LogP contribution in [0.2, 0.25) is 0 Å². The van der Waals surface area contributed by atoms with E-state index in [1.807, 2.05) is 32.9 Å². The molecular weight excluding hydrogens is 344 g/mol. The van der Waals surface area contributed by atoms with Crippen molar-refractivity contribution >= 4 is 11.9 Å². The Bertz CT molecular complexity index is 590. The number of hydrogen-bond donors (Lipinski definition) is 2. The summed E-state index contributed by atoms with van der Waals surface area (Å²) in [5, 5.41) is 18.2. The largest absolute Gasteiger partial charge is 0.478 e. The zero-order valence-corrected chi connectivity index (χ0v) is 17.1. The van der Waals surface area contributed by atoms with Gasteiger partial charge >= 0.3 is 11.9 Å². The van der Waals surface area contributed by atoms with Gasteiger partial charge in [-0.3, -0.25) is 4.79 Å². The highest BCUT2D eigenvalue weighted by Crippen LogP contribution is 2.15. The quantitative estimate of drug-likeness (QED) is 0.275. The Morgan fingerprint density at radius 1 is 0.852 bits per heavy atom. The van der Waals surface area contributed by atoms with Crippen molar-refractivity contribution in [2.45, 2.75) is 66.2 Å². The van der Waals surface area contributed by atoms with Crippen LogP contribution in [0.1, 0.15) is 66.2 Å². The number of carboxylic acid groups (broad SMARTS) is 1. The summed E-state index contributed by atoms with van der Waals surface area (Å²) in [4.78, 5) is 22.5. The van der Waals surface area contributed by atoms with Crippen LogP contribution in [0.5, 0.6) is 0 Å². The van der Waals surface area contributed by atoms with Crippen LogP contribution in [0.15, 0.2) is 46.6 Å². The van der Waals surface area contributed by atoms with E-state index >= 15 is 0 Å². The molecule has 0 aliphatic carbocycles. The number of ether oxygens (including phenoxy) is 1. The summed E-state index contributed by atoms with van der Waals surface area (Å²) in [6.45, 7) is 7.58. The second-order valence-corrected chi connectivity index (χ2v) is 6.81. The van der Waals surface area contributed by atoms with Crippen molar-refractivity contribution in [2.75, 3.05) is 13.2 Å². The maximum atomic E-state index is 11.4. The first-order valence-corrected chi connectivity index (χ1v) is 9.39. The Morgan fingerprint density at radius 3 is 2.04 bits per heavy atom. The highest BCUT2D eigenvalue weighted by atomic mass is 16.5. The van der Waals surface area contributed by atoms with E-state index in [-0.39, 0.29) is 19.2 Å². The molecule has 0 amide bonds. The Kier molecular flexibility index (Phi) is 13.8. The average molecular weight is 379 g/mol. The summed E-state index contributed by atoms with van der Waals surface area (Å²) < 4.78 is 5.10. The van der Waals surface area contributed by atoms with E-state index in [0.717, 1.165) is 24.0 Å². The van der Waals surface area contributed by atoms with E-state index in [1.54, 1.807) is 12.2 Å². The van der Waals surface area contributed by atoms with Crippen molar-refractivity contribution in [3.63, 3.8) is 0 Å². The van der Waals surface area contributed by atoms with Crippen LogP contribution >= 0.6 is 0 Å². The number of carbonyl (C=O) groups is 2. The van der Waals surface area contributed by atoms with Gasteiger partial charge in [0.1, 0.15) is 6.61 Å². The third-order valence-electron chi connectivity index (χ3n) is 3.97. The molecular formula is C22H34O5. The number of hydrogen-bond acceptors (Lipinski definition) is 4. The van der Waals surface area contributed by atoms with Crippen molar-refractivity contribution in [3.05, 3.63) is 46.6 Å². The molecule has 5 nitrogen and oxygen atoms in total. The van der Waals surface area contributed by atoms with Crippen molar-refractivity contribution in [1.29, 1.82) is 0 Å². The van der Waals surface area contributed by atoms with Gasteiger partial charge in [-0.25, -0.2) is 4.79 Å². The highest BCUT2D eigenvalue weighted by molar-refractivity contribution is 5.86. The zero-order valence-electron chi connectivity index (χ0n) is 17.1. The molecule has 0 aliphatic heterocycles. The molecule has 0 fully saturated rings. The zero-order chi connectivity index (χ0) is 20.7. The van der Waals surface area contributed by atoms with E-state index in [4.69, 9.17) is 9.84 Å². The molecule has 5 heteroatoms. The first-order valence-electron chi connectivity index (χ1n) is 9.39. The predicted molar refractivity (Wildman–Crippen MR) is 108 cm³/mol. The Hall–Kier alpha value is -2.14. The fourth-order valence-electron chi connectivity index (χ4n) is 2.43. The van der Waals surface area contributed by atoms with Crippen LogP contribution in [0.4, 0.5) is 0 Å². The molecule has 27 heavy (non-hydrogen) atoms. The van der Waals surface area contributed by atoms with Crippen LogP contribution in [-0.4, -0.2) is 35.4 Å². The highest BCUT2D eigenvalue weighted by Gasteiger charge is 2.07. The number of carbonyl (C=O) groups excluding carboxylic acids is 1. The minimum absolute atomic E-state index is 0.0331. The molecule has 0 bridgehead atoms. The van der Waals surface area contributed by atoms with E-state index in [9.17, 15) is 14.7 Å². The van der Waals surface area contributed by atoms with E-state index in [2.05, 4.69) is 0 Å². The number of rotatable bonds is 13. The number of esters is 1. The first kappa shape index (κ1) is 24.9. The standard InChI is InChI=1S/C22H34O5/c1-17(2)8-5-12-21(22(25)26)13-7-11-20(16-27-19(4)24)10-6-9-18(3)14-15-23/h8,10,13-14,23H,5-7,9,11-12,15-16H2,1-4H3,(H,25,26). The lowest BCUT2D eigenvalue weighted by molar-refractivity contribution is -0.140. The maximum Gasteiger partial charge on any atom is 0.331 e. The van der Waals surface area contributed by atoms with Crippen LogP contribution < -0.4 is 0 Å². The van der Waals surface area contributed by atoms with Gasteiger partial charge in [0.15, 0.2) is 0 Å². The molecule has 0 aliphatic rings. The lowest BCUT2D eigenvalue weighted by Gasteiger charge is -2.08. The van der Waals surface area contributed by atoms with E-state index < -0.39 is 5.97 Å². The van der Waals surface area contributed by atoms with Crippen molar-refractivity contribution < 1.29 is 24.5 Å². The summed E-state index contributed by atoms with van der Waals surface area (Å²) in [6.07, 6.45) is 11.7. The molecule has 0 saturated heterocycles. The molecule has 0 radical (unpaired) electrons. The minimum Gasteiger partial charge on any atom is -0.478 e. The number of aliphatic hydroxyl groups is 1. The van der Waals surface area contributed by atoms with E-state index in [0.29, 0.717) is 31.3 Å². The van der Waals surface area contributed by atoms with Crippen LogP contribution in [0.3, 0.4) is 0 Å². The van der Waals surface area contributed by atoms with Gasteiger partial charge in [-0.05, 0) is 64.9 Å². The van der Waals surface area contributed by atoms with Crippen molar-refractivity contribution in [2.24, 2.45) is 0 Å².